The first-order chi connectivity index (χ1) is 11.7. The summed E-state index contributed by atoms with van der Waals surface area (Å²) in [5.41, 5.74) is 5.74. The van der Waals surface area contributed by atoms with Gasteiger partial charge in [0.2, 0.25) is 0 Å². The number of nitrogens with zero attached hydrogens (tertiary/aromatic N) is 3. The van der Waals surface area contributed by atoms with E-state index in [2.05, 4.69) is 11.2 Å². The summed E-state index contributed by atoms with van der Waals surface area (Å²) in [6.07, 6.45) is 3.90. The van der Waals surface area contributed by atoms with E-state index in [0.29, 0.717) is 32.1 Å². The summed E-state index contributed by atoms with van der Waals surface area (Å²) in [4.78, 5) is 20.5. The molecule has 26 heavy (non-hydrogen) atoms. The number of halogens is 1. The van der Waals surface area contributed by atoms with Crippen LogP contribution in [0.3, 0.4) is 0 Å². The van der Waals surface area contributed by atoms with Gasteiger partial charge in [0.05, 0.1) is 6.54 Å². The summed E-state index contributed by atoms with van der Waals surface area (Å²) in [5.74, 6) is 0.573. The smallest absolute Gasteiger partial charge is 0.410 e. The highest BCUT2D eigenvalue weighted by molar-refractivity contribution is 14.0. The number of nitrogens with two attached hydrogens (primary N) is 1. The van der Waals surface area contributed by atoms with Crippen molar-refractivity contribution in [2.45, 2.75) is 44.0 Å². The van der Waals surface area contributed by atoms with Gasteiger partial charge in [0.1, 0.15) is 5.60 Å². The largest absolute Gasteiger partial charge is 0.444 e. The number of carbonyl (C=O) groups is 1. The molecule has 2 rings (SSSR count). The van der Waals surface area contributed by atoms with Crippen LogP contribution in [0, 0.1) is 0 Å². The molecular weight excluding hydrogens is 467 g/mol. The van der Waals surface area contributed by atoms with Gasteiger partial charge >= 0.3 is 6.09 Å². The molecule has 1 amide bonds. The zero-order chi connectivity index (χ0) is 18.5. The highest BCUT2D eigenvalue weighted by Crippen LogP contribution is 2.34. The molecule has 0 aliphatic carbocycles. The van der Waals surface area contributed by atoms with E-state index in [1.807, 2.05) is 37.4 Å². The summed E-state index contributed by atoms with van der Waals surface area (Å²) < 4.78 is 11.0. The number of aliphatic imine (C=N–C) groups is 1. The van der Waals surface area contributed by atoms with Crippen LogP contribution in [0.2, 0.25) is 0 Å². The molecule has 2 N–H and O–H groups in total. The number of piperazine rings is 1. The van der Waals surface area contributed by atoms with Crippen molar-refractivity contribution in [2.75, 3.05) is 52.2 Å². The quantitative estimate of drug-likeness (QED) is 0.364. The fraction of sp³-hybridized carbons (Fsp3) is 0.882. The Hall–Kier alpha value is -0.420. The van der Waals surface area contributed by atoms with Crippen molar-refractivity contribution in [3.05, 3.63) is 0 Å². The second-order valence-electron chi connectivity index (χ2n) is 7.63. The van der Waals surface area contributed by atoms with Crippen LogP contribution in [-0.2, 0) is 9.47 Å². The first-order valence-corrected chi connectivity index (χ1v) is 10.1. The third kappa shape index (κ3) is 6.95. The van der Waals surface area contributed by atoms with Crippen LogP contribution in [-0.4, -0.2) is 84.4 Å². The highest BCUT2D eigenvalue weighted by Gasteiger charge is 2.32. The summed E-state index contributed by atoms with van der Waals surface area (Å²) in [7, 11) is 0. The minimum Gasteiger partial charge on any atom is -0.444 e. The third-order valence-corrected chi connectivity index (χ3v) is 6.02. The van der Waals surface area contributed by atoms with Crippen LogP contribution in [0.5, 0.6) is 0 Å². The molecule has 152 valence electrons. The summed E-state index contributed by atoms with van der Waals surface area (Å²) >= 11 is 1.86. The summed E-state index contributed by atoms with van der Waals surface area (Å²) in [5, 5.41) is 0. The third-order valence-electron chi connectivity index (χ3n) is 4.62. The van der Waals surface area contributed by atoms with E-state index >= 15 is 0 Å². The zero-order valence-electron chi connectivity index (χ0n) is 16.3. The van der Waals surface area contributed by atoms with Gasteiger partial charge in [0.15, 0.2) is 5.96 Å². The van der Waals surface area contributed by atoms with Gasteiger partial charge in [-0.1, -0.05) is 0 Å². The van der Waals surface area contributed by atoms with Crippen molar-refractivity contribution in [1.82, 2.24) is 9.80 Å². The summed E-state index contributed by atoms with van der Waals surface area (Å²) in [6, 6.07) is 0. The Labute approximate surface area is 178 Å². The van der Waals surface area contributed by atoms with Crippen molar-refractivity contribution >= 4 is 47.8 Å². The lowest BCUT2D eigenvalue weighted by Gasteiger charge is -2.37. The summed E-state index contributed by atoms with van der Waals surface area (Å²) in [6.45, 7) is 10.5. The van der Waals surface area contributed by atoms with Crippen molar-refractivity contribution in [3.63, 3.8) is 0 Å². The van der Waals surface area contributed by atoms with Gasteiger partial charge in [-0.15, -0.1) is 24.0 Å². The van der Waals surface area contributed by atoms with Crippen LogP contribution < -0.4 is 5.73 Å². The molecule has 2 aliphatic rings. The molecule has 0 bridgehead atoms. The molecule has 0 atom stereocenters. The van der Waals surface area contributed by atoms with Gasteiger partial charge in [-0.05, 0) is 39.9 Å². The van der Waals surface area contributed by atoms with E-state index < -0.39 is 5.60 Å². The Morgan fingerprint density at radius 1 is 1.19 bits per heavy atom. The minimum atomic E-state index is -0.468. The first kappa shape index (κ1) is 23.6. The van der Waals surface area contributed by atoms with E-state index in [0.717, 1.165) is 32.6 Å². The number of guanidine groups is 1. The Bertz CT molecular complexity index is 485. The van der Waals surface area contributed by atoms with Crippen molar-refractivity contribution < 1.29 is 14.3 Å². The van der Waals surface area contributed by atoms with Crippen molar-refractivity contribution in [1.29, 1.82) is 0 Å². The number of amides is 1. The Balaban J connectivity index is 0.00000338. The Kier molecular flexibility index (Phi) is 9.28. The monoisotopic (exact) mass is 500 g/mol. The predicted octanol–water partition coefficient (Wildman–Crippen LogP) is 2.38. The molecule has 0 spiro atoms. The average molecular weight is 500 g/mol. The first-order valence-electron chi connectivity index (χ1n) is 8.90. The van der Waals surface area contributed by atoms with E-state index in [9.17, 15) is 4.79 Å². The topological polar surface area (TPSA) is 80.4 Å². The zero-order valence-corrected chi connectivity index (χ0v) is 19.5. The van der Waals surface area contributed by atoms with Gasteiger partial charge in [-0.25, -0.2) is 4.79 Å². The lowest BCUT2D eigenvalue weighted by atomic mass is 9.99. The molecule has 0 aromatic rings. The molecule has 2 heterocycles. The molecular formula is C17H33IN4O3S. The van der Waals surface area contributed by atoms with E-state index in [4.69, 9.17) is 15.2 Å². The average Bonchev–Trinajstić information content (AvgIpc) is 2.59. The fourth-order valence-corrected chi connectivity index (χ4v) is 3.71. The number of hydrogen-bond donors (Lipinski definition) is 1. The second-order valence-corrected chi connectivity index (χ2v) is 8.90. The molecule has 9 heteroatoms. The standard InChI is InChI=1S/C17H32N4O3S.HI/c1-16(2,3)24-15(22)21-9-7-20(8-10-21)14(18)19-13-17(25-4)5-11-23-12-6-17;/h5-13H2,1-4H3,(H2,18,19);1H. The Morgan fingerprint density at radius 2 is 1.73 bits per heavy atom. The van der Waals surface area contributed by atoms with E-state index in [1.165, 1.54) is 0 Å². The van der Waals surface area contributed by atoms with Gasteiger partial charge in [0.25, 0.3) is 0 Å². The minimum absolute atomic E-state index is 0. The maximum absolute atomic E-state index is 12.1. The predicted molar refractivity (Wildman–Crippen MR) is 118 cm³/mol. The normalized spacial score (nSPS) is 21.2. The molecule has 2 fully saturated rings. The number of hydrogen-bond acceptors (Lipinski definition) is 5. The maximum Gasteiger partial charge on any atom is 0.410 e. The van der Waals surface area contributed by atoms with Gasteiger partial charge in [-0.2, -0.15) is 11.8 Å². The number of rotatable bonds is 3. The van der Waals surface area contributed by atoms with Crippen LogP contribution in [0.15, 0.2) is 4.99 Å². The van der Waals surface area contributed by atoms with E-state index in [1.54, 1.807) is 4.90 Å². The molecule has 0 aromatic heterocycles. The molecule has 0 unspecified atom stereocenters. The van der Waals surface area contributed by atoms with E-state index in [-0.39, 0.29) is 34.8 Å². The van der Waals surface area contributed by atoms with Gasteiger partial charge < -0.3 is 25.0 Å². The van der Waals surface area contributed by atoms with Crippen LogP contribution in [0.4, 0.5) is 4.79 Å². The van der Waals surface area contributed by atoms with Crippen LogP contribution >= 0.6 is 35.7 Å². The molecule has 0 saturated carbocycles. The Morgan fingerprint density at radius 3 is 2.23 bits per heavy atom. The molecule has 0 aromatic carbocycles. The van der Waals surface area contributed by atoms with Crippen LogP contribution in [0.25, 0.3) is 0 Å². The SMILES string of the molecule is CSC1(CN=C(N)N2CCN(C(=O)OC(C)(C)C)CC2)CCOCC1.I. The highest BCUT2D eigenvalue weighted by atomic mass is 127. The molecule has 0 radical (unpaired) electrons. The molecule has 2 saturated heterocycles. The number of carbonyl (C=O) groups excluding carboxylic acids is 1. The van der Waals surface area contributed by atoms with Crippen LogP contribution in [0.1, 0.15) is 33.6 Å². The lowest BCUT2D eigenvalue weighted by Crippen LogP contribution is -2.53. The lowest BCUT2D eigenvalue weighted by molar-refractivity contribution is 0.0186. The maximum atomic E-state index is 12.1. The van der Waals surface area contributed by atoms with Gasteiger partial charge in [0, 0.05) is 44.1 Å². The van der Waals surface area contributed by atoms with Gasteiger partial charge in [-0.3, -0.25) is 4.99 Å². The van der Waals surface area contributed by atoms with Crippen molar-refractivity contribution in [2.24, 2.45) is 10.7 Å². The number of thioether (sulfide) groups is 1. The molecule has 7 nitrogen and oxygen atoms in total. The second kappa shape index (κ2) is 10.2. The van der Waals surface area contributed by atoms with Crippen molar-refractivity contribution in [3.8, 4) is 0 Å². The number of ether oxygens (including phenoxy) is 2. The molecule has 2 aliphatic heterocycles. The fourth-order valence-electron chi connectivity index (χ4n) is 2.94.